The molecule has 1 aliphatic heterocycles. The average molecular weight is 389 g/mol. The second kappa shape index (κ2) is 7.64. The SMILES string of the molecule is COc1ccc2c(c1)O[C@H](Cn1ncccc1=O)C/C2=N\S(=O)C(C)(C)C. The van der Waals surface area contributed by atoms with Gasteiger partial charge in [-0.15, -0.1) is 0 Å². The van der Waals surface area contributed by atoms with Crippen molar-refractivity contribution in [1.29, 1.82) is 0 Å². The van der Waals surface area contributed by atoms with Crippen LogP contribution in [0.4, 0.5) is 0 Å². The maximum absolute atomic E-state index is 12.6. The van der Waals surface area contributed by atoms with Gasteiger partial charge < -0.3 is 9.47 Å². The van der Waals surface area contributed by atoms with Crippen LogP contribution < -0.4 is 15.0 Å². The molecule has 0 fully saturated rings. The fraction of sp³-hybridized carbons (Fsp3) is 0.421. The van der Waals surface area contributed by atoms with Gasteiger partial charge in [0.25, 0.3) is 5.56 Å². The molecule has 0 saturated carbocycles. The van der Waals surface area contributed by atoms with E-state index in [1.54, 1.807) is 25.4 Å². The van der Waals surface area contributed by atoms with Crippen LogP contribution >= 0.6 is 0 Å². The molecule has 3 rings (SSSR count). The maximum Gasteiger partial charge on any atom is 0.266 e. The molecule has 2 aromatic rings. The number of methoxy groups -OCH3 is 1. The number of aromatic nitrogens is 2. The fourth-order valence-corrected chi connectivity index (χ4v) is 3.30. The van der Waals surface area contributed by atoms with Gasteiger partial charge in [0.1, 0.15) is 28.6 Å². The van der Waals surface area contributed by atoms with Crippen molar-refractivity contribution in [3.05, 3.63) is 52.4 Å². The Morgan fingerprint density at radius 3 is 2.81 bits per heavy atom. The van der Waals surface area contributed by atoms with Gasteiger partial charge in [0.2, 0.25) is 0 Å². The third-order valence-electron chi connectivity index (χ3n) is 4.09. The van der Waals surface area contributed by atoms with Gasteiger partial charge in [-0.3, -0.25) is 4.79 Å². The molecule has 1 aromatic heterocycles. The Morgan fingerprint density at radius 2 is 2.15 bits per heavy atom. The molecular weight excluding hydrogens is 366 g/mol. The molecule has 0 bridgehead atoms. The van der Waals surface area contributed by atoms with E-state index in [0.717, 1.165) is 5.56 Å². The first-order chi connectivity index (χ1) is 12.8. The zero-order chi connectivity index (χ0) is 19.6. The van der Waals surface area contributed by atoms with Gasteiger partial charge in [-0.05, 0) is 39.0 Å². The smallest absolute Gasteiger partial charge is 0.266 e. The molecule has 144 valence electrons. The molecule has 0 radical (unpaired) electrons. The van der Waals surface area contributed by atoms with E-state index in [2.05, 4.69) is 9.50 Å². The van der Waals surface area contributed by atoms with Crippen molar-refractivity contribution in [2.75, 3.05) is 7.11 Å². The minimum Gasteiger partial charge on any atom is -0.497 e. The number of rotatable bonds is 4. The number of hydrogen-bond acceptors (Lipinski definition) is 5. The Balaban J connectivity index is 1.98. The van der Waals surface area contributed by atoms with E-state index < -0.39 is 15.7 Å². The van der Waals surface area contributed by atoms with Crippen LogP contribution in [0.1, 0.15) is 32.8 Å². The Kier molecular flexibility index (Phi) is 5.46. The summed E-state index contributed by atoms with van der Waals surface area (Å²) in [5.74, 6) is 1.25. The Hall–Kier alpha value is -2.48. The lowest BCUT2D eigenvalue weighted by Crippen LogP contribution is -2.36. The van der Waals surface area contributed by atoms with Crippen LogP contribution in [0.5, 0.6) is 11.5 Å². The molecule has 1 unspecified atom stereocenters. The highest BCUT2D eigenvalue weighted by Crippen LogP contribution is 2.33. The lowest BCUT2D eigenvalue weighted by Gasteiger charge is -2.28. The summed E-state index contributed by atoms with van der Waals surface area (Å²) in [5, 5.41) is 4.09. The predicted octanol–water partition coefficient (Wildman–Crippen LogP) is 2.35. The van der Waals surface area contributed by atoms with Gasteiger partial charge in [-0.1, -0.05) is 0 Å². The Morgan fingerprint density at radius 1 is 1.37 bits per heavy atom. The first-order valence-electron chi connectivity index (χ1n) is 8.64. The highest BCUT2D eigenvalue weighted by Gasteiger charge is 2.28. The number of benzene rings is 1. The number of nitrogens with zero attached hydrogens (tertiary/aromatic N) is 3. The van der Waals surface area contributed by atoms with Crippen LogP contribution in [-0.2, 0) is 17.5 Å². The van der Waals surface area contributed by atoms with Crippen LogP contribution in [0.25, 0.3) is 0 Å². The molecule has 1 aromatic carbocycles. The molecule has 8 heteroatoms. The van der Waals surface area contributed by atoms with Crippen molar-refractivity contribution in [3.63, 3.8) is 0 Å². The first-order valence-corrected chi connectivity index (χ1v) is 9.75. The van der Waals surface area contributed by atoms with Gasteiger partial charge in [0.15, 0.2) is 0 Å². The van der Waals surface area contributed by atoms with E-state index >= 15 is 0 Å². The first kappa shape index (κ1) is 19.3. The van der Waals surface area contributed by atoms with Crippen LogP contribution in [0.3, 0.4) is 0 Å². The molecule has 0 spiro atoms. The summed E-state index contributed by atoms with van der Waals surface area (Å²) in [7, 11) is 0.184. The standard InChI is InChI=1S/C19H23N3O4S/c1-19(2,3)27(24)21-16-10-14(12-22-18(23)6-5-9-20-22)26-17-11-13(25-4)7-8-15(16)17/h5-9,11,14H,10,12H2,1-4H3/b21-16+/t14-,27?/m0/s1. The molecular formula is C19H23N3O4S. The lowest BCUT2D eigenvalue weighted by atomic mass is 9.99. The van der Waals surface area contributed by atoms with Crippen molar-refractivity contribution in [2.45, 2.75) is 44.6 Å². The largest absolute Gasteiger partial charge is 0.497 e. The summed E-state index contributed by atoms with van der Waals surface area (Å²) in [6.07, 6.45) is 1.64. The maximum atomic E-state index is 12.6. The molecule has 0 aliphatic carbocycles. The second-order valence-electron chi connectivity index (χ2n) is 7.25. The van der Waals surface area contributed by atoms with Crippen LogP contribution in [-0.4, -0.2) is 37.7 Å². The van der Waals surface area contributed by atoms with Gasteiger partial charge in [-0.25, -0.2) is 8.89 Å². The molecule has 0 saturated heterocycles. The fourth-order valence-electron chi connectivity index (χ4n) is 2.65. The van der Waals surface area contributed by atoms with Crippen LogP contribution in [0.15, 0.2) is 45.7 Å². The normalized spacial score (nSPS) is 19.3. The topological polar surface area (TPSA) is 82.8 Å². The van der Waals surface area contributed by atoms with Crippen molar-refractivity contribution in [1.82, 2.24) is 9.78 Å². The van der Waals surface area contributed by atoms with Crippen LogP contribution in [0.2, 0.25) is 0 Å². The van der Waals surface area contributed by atoms with E-state index in [1.807, 2.05) is 32.9 Å². The third-order valence-corrected chi connectivity index (χ3v) is 5.53. The lowest BCUT2D eigenvalue weighted by molar-refractivity contribution is 0.173. The molecule has 7 nitrogen and oxygen atoms in total. The summed E-state index contributed by atoms with van der Waals surface area (Å²) in [4.78, 5) is 12.0. The van der Waals surface area contributed by atoms with Gasteiger partial charge in [0, 0.05) is 30.3 Å². The Labute approximate surface area is 160 Å². The summed E-state index contributed by atoms with van der Waals surface area (Å²) >= 11 is 0. The number of fused-ring (bicyclic) bond motifs is 1. The average Bonchev–Trinajstić information content (AvgIpc) is 2.62. The van der Waals surface area contributed by atoms with Crippen molar-refractivity contribution in [2.24, 2.45) is 4.40 Å². The predicted molar refractivity (Wildman–Crippen MR) is 105 cm³/mol. The minimum absolute atomic E-state index is 0.200. The van der Waals surface area contributed by atoms with Crippen molar-refractivity contribution >= 4 is 16.7 Å². The molecule has 0 amide bonds. The summed E-state index contributed by atoms with van der Waals surface area (Å²) < 4.78 is 29.3. The summed E-state index contributed by atoms with van der Waals surface area (Å²) in [6.45, 7) is 5.92. The van der Waals surface area contributed by atoms with E-state index in [0.29, 0.717) is 23.6 Å². The van der Waals surface area contributed by atoms with E-state index in [1.165, 1.54) is 10.7 Å². The zero-order valence-electron chi connectivity index (χ0n) is 15.8. The van der Waals surface area contributed by atoms with Crippen molar-refractivity contribution < 1.29 is 13.7 Å². The van der Waals surface area contributed by atoms with Crippen LogP contribution in [0, 0.1) is 0 Å². The monoisotopic (exact) mass is 389 g/mol. The Bertz CT molecular complexity index is 946. The molecule has 1 aliphatic rings. The third kappa shape index (κ3) is 4.44. The highest BCUT2D eigenvalue weighted by molar-refractivity contribution is 7.85. The van der Waals surface area contributed by atoms with Gasteiger partial charge in [0.05, 0.1) is 24.1 Å². The van der Waals surface area contributed by atoms with Crippen molar-refractivity contribution in [3.8, 4) is 11.5 Å². The number of ether oxygens (including phenoxy) is 2. The summed E-state index contributed by atoms with van der Waals surface area (Å²) in [5.41, 5.74) is 1.29. The molecule has 0 N–H and O–H groups in total. The van der Waals surface area contributed by atoms with Gasteiger partial charge >= 0.3 is 0 Å². The van der Waals surface area contributed by atoms with E-state index in [4.69, 9.17) is 9.47 Å². The minimum atomic E-state index is -1.40. The highest BCUT2D eigenvalue weighted by atomic mass is 32.2. The zero-order valence-corrected chi connectivity index (χ0v) is 16.7. The summed E-state index contributed by atoms with van der Waals surface area (Å²) in [6, 6.07) is 8.51. The molecule has 2 atom stereocenters. The second-order valence-corrected chi connectivity index (χ2v) is 9.16. The van der Waals surface area contributed by atoms with E-state index in [-0.39, 0.29) is 18.2 Å². The molecule has 2 heterocycles. The van der Waals surface area contributed by atoms with E-state index in [9.17, 15) is 9.00 Å². The van der Waals surface area contributed by atoms with Gasteiger partial charge in [-0.2, -0.15) is 9.50 Å². The number of hydrogen-bond donors (Lipinski definition) is 0. The molecule has 27 heavy (non-hydrogen) atoms. The quantitative estimate of drug-likeness (QED) is 0.802.